The van der Waals surface area contributed by atoms with Crippen molar-refractivity contribution in [2.75, 3.05) is 19.7 Å². The zero-order chi connectivity index (χ0) is 44.4. The van der Waals surface area contributed by atoms with E-state index in [9.17, 15) is 9.59 Å². The lowest BCUT2D eigenvalue weighted by atomic mass is 9.92. The summed E-state index contributed by atoms with van der Waals surface area (Å²) in [6, 6.07) is 33.9. The van der Waals surface area contributed by atoms with Crippen LogP contribution < -0.4 is 37.3 Å². The SMILES string of the molecule is CC(C)CCOc1ccc2ccccc2c1-c1c(OCc2cn(C[C@@H](CCCCN)NC(=O)[C@@H](CCCN=C(N)N)NC(=O)CCCc3ccccc3)nn2)ccc2ccccc12.Cl.Cl. The molecule has 348 valence electrons. The molecule has 0 aliphatic rings. The number of carbonyl (C=O) groups is 2. The molecule has 2 amide bonds. The molecule has 13 nitrogen and oxygen atoms in total. The maximum absolute atomic E-state index is 13.9. The third-order valence-electron chi connectivity index (χ3n) is 11.0. The second kappa shape index (κ2) is 26.8. The van der Waals surface area contributed by atoms with Gasteiger partial charge in [0, 0.05) is 30.1 Å². The second-order valence-electron chi connectivity index (χ2n) is 16.5. The van der Waals surface area contributed by atoms with Crippen LogP contribution in [0.4, 0.5) is 0 Å². The Morgan fingerprint density at radius 1 is 0.738 bits per heavy atom. The highest BCUT2D eigenvalue weighted by Gasteiger charge is 2.24. The summed E-state index contributed by atoms with van der Waals surface area (Å²) in [5, 5.41) is 19.4. The summed E-state index contributed by atoms with van der Waals surface area (Å²) in [6.07, 6.45) is 7.66. The number of aryl methyl sites for hydroxylation is 1. The minimum absolute atomic E-state index is 0. The molecular weight excluding hydrogens is 862 g/mol. The van der Waals surface area contributed by atoms with E-state index in [1.54, 1.807) is 4.68 Å². The van der Waals surface area contributed by atoms with Gasteiger partial charge in [0.15, 0.2) is 5.96 Å². The predicted octanol–water partition coefficient (Wildman–Crippen LogP) is 8.27. The smallest absolute Gasteiger partial charge is 0.242 e. The van der Waals surface area contributed by atoms with E-state index in [1.807, 2.05) is 60.8 Å². The summed E-state index contributed by atoms with van der Waals surface area (Å²) in [5.41, 5.74) is 20.7. The first-order valence-corrected chi connectivity index (χ1v) is 22.3. The quantitative estimate of drug-likeness (QED) is 0.0213. The highest BCUT2D eigenvalue weighted by Crippen LogP contribution is 2.45. The summed E-state index contributed by atoms with van der Waals surface area (Å²) in [7, 11) is 0. The van der Waals surface area contributed by atoms with Crippen molar-refractivity contribution in [3.8, 4) is 22.6 Å². The lowest BCUT2D eigenvalue weighted by Crippen LogP contribution is -2.50. The number of ether oxygens (including phenoxy) is 2. The molecule has 1 aromatic heterocycles. The molecule has 0 spiro atoms. The number of nitrogens with zero attached hydrogens (tertiary/aromatic N) is 4. The number of benzene rings is 5. The van der Waals surface area contributed by atoms with Crippen molar-refractivity contribution in [2.45, 2.75) is 96.9 Å². The van der Waals surface area contributed by atoms with Crippen molar-refractivity contribution in [1.82, 2.24) is 25.6 Å². The first-order chi connectivity index (χ1) is 30.7. The number of hydrogen-bond acceptors (Lipinski definition) is 8. The third-order valence-corrected chi connectivity index (χ3v) is 11.0. The second-order valence-corrected chi connectivity index (χ2v) is 16.5. The Hall–Kier alpha value is -5.89. The number of guanidine groups is 1. The minimum atomic E-state index is -0.765. The molecule has 1 heterocycles. The lowest BCUT2D eigenvalue weighted by molar-refractivity contribution is -0.129. The number of aromatic nitrogens is 3. The molecule has 0 unspecified atom stereocenters. The van der Waals surface area contributed by atoms with E-state index in [4.69, 9.17) is 26.7 Å². The zero-order valence-corrected chi connectivity index (χ0v) is 39.1. The van der Waals surface area contributed by atoms with E-state index in [1.165, 1.54) is 0 Å². The number of unbranched alkanes of at least 4 members (excludes halogenated alkanes) is 1. The van der Waals surface area contributed by atoms with Crippen LogP contribution in [0.25, 0.3) is 32.7 Å². The Balaban J connectivity index is 0.00000462. The highest BCUT2D eigenvalue weighted by molar-refractivity contribution is 6.09. The summed E-state index contributed by atoms with van der Waals surface area (Å²) in [4.78, 5) is 31.1. The fraction of sp³-hybridized carbons (Fsp3) is 0.380. The van der Waals surface area contributed by atoms with Crippen molar-refractivity contribution >= 4 is 64.1 Å². The van der Waals surface area contributed by atoms with Gasteiger partial charge in [-0.2, -0.15) is 0 Å². The number of rotatable bonds is 25. The van der Waals surface area contributed by atoms with Gasteiger partial charge in [-0.3, -0.25) is 19.3 Å². The normalized spacial score (nSPS) is 11.9. The highest BCUT2D eigenvalue weighted by atomic mass is 35.5. The molecule has 0 radical (unpaired) electrons. The molecule has 65 heavy (non-hydrogen) atoms. The number of halogens is 2. The van der Waals surface area contributed by atoms with Gasteiger partial charge in [0.1, 0.15) is 29.8 Å². The summed E-state index contributed by atoms with van der Waals surface area (Å²) < 4.78 is 14.9. The Kier molecular flexibility index (Phi) is 21.3. The molecule has 2 atom stereocenters. The van der Waals surface area contributed by atoms with Crippen LogP contribution in [0, 0.1) is 5.92 Å². The Morgan fingerprint density at radius 2 is 1.38 bits per heavy atom. The Bertz CT molecular complexity index is 2430. The molecule has 5 aromatic carbocycles. The monoisotopic (exact) mass is 925 g/mol. The van der Waals surface area contributed by atoms with E-state index < -0.39 is 6.04 Å². The predicted molar refractivity (Wildman–Crippen MR) is 267 cm³/mol. The number of nitrogens with two attached hydrogens (primary N) is 3. The Labute approximate surface area is 395 Å². The van der Waals surface area contributed by atoms with Crippen LogP contribution in [0.2, 0.25) is 0 Å². The molecule has 6 aromatic rings. The summed E-state index contributed by atoms with van der Waals surface area (Å²) in [5.74, 6) is 1.54. The third kappa shape index (κ3) is 15.7. The van der Waals surface area contributed by atoms with Gasteiger partial charge in [0.25, 0.3) is 0 Å². The van der Waals surface area contributed by atoms with Gasteiger partial charge in [0.05, 0.1) is 19.3 Å². The standard InChI is InChI=1S/C50H63N9O4.2ClH/c1-35(2)28-31-62-44-26-24-37-17-6-8-20-41(37)47(44)48-42-21-9-7-18-38(42)25-27-45(48)63-34-40-33-59(58-57-40)32-39(19-10-11-29-51)55-49(61)43(22-13-30-54-50(52)53)56-46(60)23-12-16-36-14-4-3-5-15-36;;/h3-9,14-15,17-18,20-21,24-27,33,35,39,43H,10-13,16,19,22-23,28-32,34,51H2,1-2H3,(H,55,61)(H,56,60)(H4,52,53,54);2*1H/t39-,43-;;/m1../s1. The van der Waals surface area contributed by atoms with Gasteiger partial charge in [-0.05, 0) is 96.6 Å². The number of amides is 2. The van der Waals surface area contributed by atoms with Gasteiger partial charge in [0.2, 0.25) is 11.8 Å². The maximum Gasteiger partial charge on any atom is 0.242 e. The van der Waals surface area contributed by atoms with E-state index >= 15 is 0 Å². The van der Waals surface area contributed by atoms with Gasteiger partial charge < -0.3 is 37.3 Å². The van der Waals surface area contributed by atoms with Crippen LogP contribution >= 0.6 is 24.8 Å². The largest absolute Gasteiger partial charge is 0.493 e. The van der Waals surface area contributed by atoms with Gasteiger partial charge >= 0.3 is 0 Å². The molecule has 0 bridgehead atoms. The molecule has 8 N–H and O–H groups in total. The topological polar surface area (TPSA) is 198 Å². The van der Waals surface area contributed by atoms with Crippen LogP contribution in [-0.4, -0.2) is 64.5 Å². The number of nitrogens with one attached hydrogen (secondary N) is 2. The first kappa shape index (κ1) is 51.7. The molecule has 6 rings (SSSR count). The van der Waals surface area contributed by atoms with E-state index in [-0.39, 0.29) is 55.2 Å². The van der Waals surface area contributed by atoms with Crippen molar-refractivity contribution < 1.29 is 19.1 Å². The average Bonchev–Trinajstić information content (AvgIpc) is 3.73. The molecule has 15 heteroatoms. The summed E-state index contributed by atoms with van der Waals surface area (Å²) >= 11 is 0. The van der Waals surface area contributed by atoms with Crippen molar-refractivity contribution in [3.63, 3.8) is 0 Å². The number of hydrogen-bond donors (Lipinski definition) is 5. The minimum Gasteiger partial charge on any atom is -0.493 e. The van der Waals surface area contributed by atoms with Crippen LogP contribution in [0.5, 0.6) is 11.5 Å². The average molecular weight is 927 g/mol. The van der Waals surface area contributed by atoms with Gasteiger partial charge in [-0.25, -0.2) is 0 Å². The lowest BCUT2D eigenvalue weighted by Gasteiger charge is -2.23. The molecule has 0 saturated heterocycles. The fourth-order valence-corrected chi connectivity index (χ4v) is 7.72. The molecule has 0 aliphatic heterocycles. The Morgan fingerprint density at radius 3 is 2.03 bits per heavy atom. The summed E-state index contributed by atoms with van der Waals surface area (Å²) in [6.45, 7) is 6.41. The number of carbonyl (C=O) groups excluding carboxylic acids is 2. The fourth-order valence-electron chi connectivity index (χ4n) is 7.72. The van der Waals surface area contributed by atoms with Crippen molar-refractivity contribution in [2.24, 2.45) is 28.1 Å². The first-order valence-electron chi connectivity index (χ1n) is 22.3. The van der Waals surface area contributed by atoms with Crippen LogP contribution in [0.1, 0.15) is 76.5 Å². The van der Waals surface area contributed by atoms with Gasteiger partial charge in [-0.15, -0.1) is 29.9 Å². The molecular formula is C50H65Cl2N9O4. The van der Waals surface area contributed by atoms with Crippen molar-refractivity contribution in [1.29, 1.82) is 0 Å². The van der Waals surface area contributed by atoms with E-state index in [2.05, 4.69) is 88.3 Å². The number of fused-ring (bicyclic) bond motifs is 2. The number of aliphatic imine (C=N–C) groups is 1. The van der Waals surface area contributed by atoms with Crippen molar-refractivity contribution in [3.05, 3.63) is 121 Å². The van der Waals surface area contributed by atoms with E-state index in [0.29, 0.717) is 75.7 Å². The van der Waals surface area contributed by atoms with Crippen LogP contribution in [-0.2, 0) is 29.2 Å². The molecule has 0 fully saturated rings. The van der Waals surface area contributed by atoms with Crippen LogP contribution in [0.3, 0.4) is 0 Å². The molecule has 0 saturated carbocycles. The van der Waals surface area contributed by atoms with Gasteiger partial charge in [-0.1, -0.05) is 116 Å². The maximum atomic E-state index is 13.9. The van der Waals surface area contributed by atoms with E-state index in [0.717, 1.165) is 69.7 Å². The molecule has 0 aliphatic carbocycles. The van der Waals surface area contributed by atoms with Crippen LogP contribution in [0.15, 0.2) is 114 Å². The zero-order valence-electron chi connectivity index (χ0n) is 37.5.